The van der Waals surface area contributed by atoms with E-state index in [0.717, 1.165) is 5.56 Å². The number of hydrazone groups is 1. The van der Waals surface area contributed by atoms with Crippen molar-refractivity contribution >= 4 is 12.2 Å². The zero-order chi connectivity index (χ0) is 13.5. The molecule has 0 aliphatic rings. The number of rotatable bonds is 4. The second-order valence-corrected chi connectivity index (χ2v) is 3.59. The van der Waals surface area contributed by atoms with Crippen LogP contribution in [-0.2, 0) is 0 Å². The molecule has 3 N–H and O–H groups in total. The van der Waals surface area contributed by atoms with Crippen molar-refractivity contribution in [3.05, 3.63) is 54.4 Å². The number of benzene rings is 1. The Morgan fingerprint density at radius 2 is 2.05 bits per heavy atom. The molecule has 0 atom stereocenters. The van der Waals surface area contributed by atoms with E-state index in [1.807, 2.05) is 6.07 Å². The van der Waals surface area contributed by atoms with Crippen molar-refractivity contribution in [3.63, 3.8) is 0 Å². The number of pyridine rings is 1. The van der Waals surface area contributed by atoms with Crippen molar-refractivity contribution in [1.29, 1.82) is 0 Å². The van der Waals surface area contributed by atoms with Gasteiger partial charge < -0.3 is 10.5 Å². The zero-order valence-electron chi connectivity index (χ0n) is 9.98. The summed E-state index contributed by atoms with van der Waals surface area (Å²) in [6, 6.07) is 10.1. The van der Waals surface area contributed by atoms with E-state index in [1.165, 1.54) is 6.21 Å². The standard InChI is InChI=1S/C13H12N4O2/c14-13(18)17-16-8-10-3-5-11(6-4-10)19-12-2-1-7-15-9-12/h1-9H,(H3,14,17,18)/b16-8+. The maximum Gasteiger partial charge on any atom is 0.332 e. The summed E-state index contributed by atoms with van der Waals surface area (Å²) in [7, 11) is 0. The third-order valence-electron chi connectivity index (χ3n) is 2.14. The molecule has 2 rings (SSSR count). The first-order valence-corrected chi connectivity index (χ1v) is 5.50. The van der Waals surface area contributed by atoms with Gasteiger partial charge in [-0.2, -0.15) is 5.10 Å². The molecule has 1 aromatic heterocycles. The minimum Gasteiger partial charge on any atom is -0.456 e. The Morgan fingerprint density at radius 1 is 1.26 bits per heavy atom. The van der Waals surface area contributed by atoms with Gasteiger partial charge in [0.1, 0.15) is 11.5 Å². The summed E-state index contributed by atoms with van der Waals surface area (Å²) in [5.74, 6) is 1.35. The Hall–Kier alpha value is -2.89. The molecule has 1 heterocycles. The molecule has 0 unspecified atom stereocenters. The van der Waals surface area contributed by atoms with Gasteiger partial charge in [-0.3, -0.25) is 4.98 Å². The van der Waals surface area contributed by atoms with Crippen LogP contribution in [0.4, 0.5) is 4.79 Å². The highest BCUT2D eigenvalue weighted by Gasteiger charge is 1.96. The molecule has 0 radical (unpaired) electrons. The van der Waals surface area contributed by atoms with Crippen molar-refractivity contribution < 1.29 is 9.53 Å². The lowest BCUT2D eigenvalue weighted by atomic mass is 10.2. The molecule has 0 bridgehead atoms. The number of nitrogens with one attached hydrogen (secondary N) is 1. The minimum atomic E-state index is -0.701. The lowest BCUT2D eigenvalue weighted by Crippen LogP contribution is -2.24. The van der Waals surface area contributed by atoms with E-state index in [-0.39, 0.29) is 0 Å². The summed E-state index contributed by atoms with van der Waals surface area (Å²) in [5, 5.41) is 3.65. The highest BCUT2D eigenvalue weighted by atomic mass is 16.5. The molecule has 0 aliphatic carbocycles. The van der Waals surface area contributed by atoms with Gasteiger partial charge in [-0.25, -0.2) is 10.2 Å². The van der Waals surface area contributed by atoms with Crippen LogP contribution in [0.2, 0.25) is 0 Å². The van der Waals surface area contributed by atoms with Gasteiger partial charge in [0, 0.05) is 6.20 Å². The van der Waals surface area contributed by atoms with Crippen LogP contribution >= 0.6 is 0 Å². The summed E-state index contributed by atoms with van der Waals surface area (Å²) in [6.45, 7) is 0. The number of hydrogen-bond donors (Lipinski definition) is 2. The number of nitrogens with two attached hydrogens (primary N) is 1. The highest BCUT2D eigenvalue weighted by Crippen LogP contribution is 2.19. The van der Waals surface area contributed by atoms with Crippen LogP contribution in [0.1, 0.15) is 5.56 Å². The fourth-order valence-electron chi connectivity index (χ4n) is 1.34. The summed E-state index contributed by atoms with van der Waals surface area (Å²) in [4.78, 5) is 14.4. The number of hydrogen-bond acceptors (Lipinski definition) is 4. The van der Waals surface area contributed by atoms with Crippen LogP contribution in [0.15, 0.2) is 53.9 Å². The largest absolute Gasteiger partial charge is 0.456 e. The molecule has 6 nitrogen and oxygen atoms in total. The van der Waals surface area contributed by atoms with Gasteiger partial charge in [0.2, 0.25) is 0 Å². The number of carbonyl (C=O) groups excluding carboxylic acids is 1. The Morgan fingerprint density at radius 3 is 2.68 bits per heavy atom. The van der Waals surface area contributed by atoms with E-state index in [4.69, 9.17) is 10.5 Å². The molecule has 0 aliphatic heterocycles. The summed E-state index contributed by atoms with van der Waals surface area (Å²) < 4.78 is 5.58. The van der Waals surface area contributed by atoms with Crippen LogP contribution in [0, 0.1) is 0 Å². The highest BCUT2D eigenvalue weighted by molar-refractivity contribution is 5.81. The lowest BCUT2D eigenvalue weighted by Gasteiger charge is -2.04. The topological polar surface area (TPSA) is 89.6 Å². The number of ether oxygens (including phenoxy) is 1. The second-order valence-electron chi connectivity index (χ2n) is 3.59. The van der Waals surface area contributed by atoms with Crippen molar-refractivity contribution in [3.8, 4) is 11.5 Å². The van der Waals surface area contributed by atoms with Crippen LogP contribution in [0.3, 0.4) is 0 Å². The molecule has 2 amide bonds. The Labute approximate surface area is 109 Å². The summed E-state index contributed by atoms with van der Waals surface area (Å²) >= 11 is 0. The smallest absolute Gasteiger partial charge is 0.332 e. The van der Waals surface area contributed by atoms with Crippen molar-refractivity contribution in [2.45, 2.75) is 0 Å². The number of nitrogens with zero attached hydrogens (tertiary/aromatic N) is 2. The number of primary amides is 1. The van der Waals surface area contributed by atoms with Crippen molar-refractivity contribution in [1.82, 2.24) is 10.4 Å². The lowest BCUT2D eigenvalue weighted by molar-refractivity contribution is 0.249. The third kappa shape index (κ3) is 4.12. The fourth-order valence-corrected chi connectivity index (χ4v) is 1.34. The zero-order valence-corrected chi connectivity index (χ0v) is 9.98. The predicted octanol–water partition coefficient (Wildman–Crippen LogP) is 1.88. The molecular weight excluding hydrogens is 244 g/mol. The van der Waals surface area contributed by atoms with E-state index in [0.29, 0.717) is 11.5 Å². The molecule has 0 saturated carbocycles. The molecule has 1 aromatic carbocycles. The number of urea groups is 1. The van der Waals surface area contributed by atoms with Crippen LogP contribution < -0.4 is 15.9 Å². The average Bonchev–Trinajstić information content (AvgIpc) is 2.42. The molecule has 0 saturated heterocycles. The van der Waals surface area contributed by atoms with Gasteiger partial charge in [0.25, 0.3) is 0 Å². The first-order valence-electron chi connectivity index (χ1n) is 5.50. The van der Waals surface area contributed by atoms with E-state index in [2.05, 4.69) is 15.5 Å². The number of amides is 2. The molecule has 6 heteroatoms. The van der Waals surface area contributed by atoms with Crippen molar-refractivity contribution in [2.24, 2.45) is 10.8 Å². The minimum absolute atomic E-state index is 0.666. The van der Waals surface area contributed by atoms with Crippen LogP contribution in [0.5, 0.6) is 11.5 Å². The molecule has 19 heavy (non-hydrogen) atoms. The average molecular weight is 256 g/mol. The molecule has 2 aromatic rings. The van der Waals surface area contributed by atoms with Crippen LogP contribution in [0.25, 0.3) is 0 Å². The maximum absolute atomic E-state index is 10.4. The third-order valence-corrected chi connectivity index (χ3v) is 2.14. The first-order chi connectivity index (χ1) is 9.24. The van der Waals surface area contributed by atoms with Gasteiger partial charge in [-0.15, -0.1) is 0 Å². The van der Waals surface area contributed by atoms with Crippen LogP contribution in [-0.4, -0.2) is 17.2 Å². The predicted molar refractivity (Wildman–Crippen MR) is 71.1 cm³/mol. The SMILES string of the molecule is NC(=O)N/N=C/c1ccc(Oc2cccnc2)cc1. The molecule has 96 valence electrons. The molecular formula is C13H12N4O2. The van der Waals surface area contributed by atoms with Gasteiger partial charge in [-0.1, -0.05) is 0 Å². The number of carbonyl (C=O) groups is 1. The quantitative estimate of drug-likeness (QED) is 0.646. The number of aromatic nitrogens is 1. The van der Waals surface area contributed by atoms with Gasteiger partial charge >= 0.3 is 6.03 Å². The monoisotopic (exact) mass is 256 g/mol. The fraction of sp³-hybridized carbons (Fsp3) is 0. The molecule has 0 fully saturated rings. The first kappa shape index (κ1) is 12.6. The Bertz CT molecular complexity index is 567. The summed E-state index contributed by atoms with van der Waals surface area (Å²) in [5.41, 5.74) is 7.81. The van der Waals surface area contributed by atoms with E-state index >= 15 is 0 Å². The second kappa shape index (κ2) is 6.15. The maximum atomic E-state index is 10.4. The van der Waals surface area contributed by atoms with Gasteiger partial charge in [0.15, 0.2) is 0 Å². The van der Waals surface area contributed by atoms with Gasteiger partial charge in [-0.05, 0) is 42.0 Å². The normalized spacial score (nSPS) is 10.3. The molecule has 0 spiro atoms. The van der Waals surface area contributed by atoms with E-state index in [1.54, 1.807) is 42.7 Å². The van der Waals surface area contributed by atoms with Gasteiger partial charge in [0.05, 0.1) is 12.4 Å². The van der Waals surface area contributed by atoms with E-state index < -0.39 is 6.03 Å². The Kier molecular flexibility index (Phi) is 4.07. The van der Waals surface area contributed by atoms with E-state index in [9.17, 15) is 4.79 Å². The Balaban J connectivity index is 1.98. The summed E-state index contributed by atoms with van der Waals surface area (Å²) in [6.07, 6.45) is 4.79. The van der Waals surface area contributed by atoms with Crippen molar-refractivity contribution in [2.75, 3.05) is 0 Å².